The number of aromatic amines is 1. The maximum atomic E-state index is 13.3. The number of nitrogens with one attached hydrogen (secondary N) is 2. The summed E-state index contributed by atoms with van der Waals surface area (Å²) in [6.07, 6.45) is 7.86. The third kappa shape index (κ3) is 4.17. The van der Waals surface area contributed by atoms with Gasteiger partial charge in [-0.2, -0.15) is 5.10 Å². The number of hydrogen-bond donors (Lipinski definition) is 3. The Hall–Kier alpha value is -3.71. The predicted octanol–water partition coefficient (Wildman–Crippen LogP) is 5.00. The van der Waals surface area contributed by atoms with E-state index in [4.69, 9.17) is 0 Å². The van der Waals surface area contributed by atoms with Crippen molar-refractivity contribution in [3.05, 3.63) is 78.1 Å². The highest BCUT2D eigenvalue weighted by Gasteiger charge is 2.40. The number of aliphatic hydroxyl groups excluding tert-OH is 1. The summed E-state index contributed by atoms with van der Waals surface area (Å²) in [5.74, 6) is 0.360. The van der Waals surface area contributed by atoms with Crippen LogP contribution in [0.2, 0.25) is 0 Å². The molecule has 4 heterocycles. The lowest BCUT2D eigenvalue weighted by atomic mass is 9.98. The second kappa shape index (κ2) is 8.99. The van der Waals surface area contributed by atoms with Gasteiger partial charge in [0.05, 0.1) is 29.1 Å². The average molecular weight is 494 g/mol. The first-order valence-electron chi connectivity index (χ1n) is 13.4. The number of carbonyl (C=O) groups is 1. The molecule has 2 saturated heterocycles. The number of fused-ring (bicyclic) bond motifs is 3. The molecule has 2 aromatic carbocycles. The van der Waals surface area contributed by atoms with Gasteiger partial charge in [0.1, 0.15) is 0 Å². The number of rotatable bonds is 6. The zero-order valence-corrected chi connectivity index (χ0v) is 20.7. The van der Waals surface area contributed by atoms with Crippen molar-refractivity contribution < 1.29 is 9.90 Å². The molecule has 3 aliphatic rings. The Morgan fingerprint density at radius 3 is 2.49 bits per heavy atom. The molecule has 188 valence electrons. The van der Waals surface area contributed by atoms with Gasteiger partial charge >= 0.3 is 0 Å². The highest BCUT2D eigenvalue weighted by atomic mass is 16.3. The Labute approximate surface area is 215 Å². The van der Waals surface area contributed by atoms with E-state index in [1.165, 1.54) is 5.69 Å². The Morgan fingerprint density at radius 2 is 1.78 bits per heavy atom. The van der Waals surface area contributed by atoms with E-state index in [0.29, 0.717) is 23.6 Å². The molecule has 0 radical (unpaired) electrons. The Bertz CT molecular complexity index is 1420. The highest BCUT2D eigenvalue weighted by molar-refractivity contribution is 6.01. The van der Waals surface area contributed by atoms with Crippen molar-refractivity contribution in [2.45, 2.75) is 62.8 Å². The number of aliphatic hydroxyl groups is 1. The van der Waals surface area contributed by atoms with Crippen molar-refractivity contribution in [3.63, 3.8) is 0 Å². The molecule has 7 heteroatoms. The number of anilines is 1. The van der Waals surface area contributed by atoms with Crippen molar-refractivity contribution >= 4 is 22.5 Å². The van der Waals surface area contributed by atoms with Crippen molar-refractivity contribution in [2.75, 3.05) is 4.90 Å². The van der Waals surface area contributed by atoms with Crippen LogP contribution < -0.4 is 10.2 Å². The van der Waals surface area contributed by atoms with Crippen molar-refractivity contribution in [3.8, 4) is 11.3 Å². The van der Waals surface area contributed by atoms with E-state index in [0.717, 1.165) is 66.4 Å². The average Bonchev–Trinajstić information content (AvgIpc) is 3.62. The van der Waals surface area contributed by atoms with E-state index < -0.39 is 0 Å². The SMILES string of the molecule is O=C(N[C@H](c1ccccn1)C1CC1)c1ccc2[nH]nc(-c3ccc(N4[C@H]5CC[C@H]4CC(O)C5)cc3)c2c1. The minimum absolute atomic E-state index is 0.0630. The van der Waals surface area contributed by atoms with E-state index in [1.807, 2.05) is 36.4 Å². The van der Waals surface area contributed by atoms with E-state index >= 15 is 0 Å². The molecular formula is C30H31N5O2. The molecule has 3 atom stereocenters. The minimum atomic E-state index is -0.168. The van der Waals surface area contributed by atoms with E-state index in [1.54, 1.807) is 6.20 Å². The maximum absolute atomic E-state index is 13.3. The number of hydrogen-bond acceptors (Lipinski definition) is 5. The van der Waals surface area contributed by atoms with Gasteiger partial charge < -0.3 is 15.3 Å². The first kappa shape index (κ1) is 22.5. The second-order valence-corrected chi connectivity index (χ2v) is 10.8. The number of H-pyrrole nitrogens is 1. The van der Waals surface area contributed by atoms with Crippen LogP contribution in [0.5, 0.6) is 0 Å². The van der Waals surface area contributed by atoms with Gasteiger partial charge in [-0.05, 0) is 86.9 Å². The summed E-state index contributed by atoms with van der Waals surface area (Å²) in [7, 11) is 0. The van der Waals surface area contributed by atoms with E-state index in [2.05, 4.69) is 49.7 Å². The van der Waals surface area contributed by atoms with Crippen LogP contribution >= 0.6 is 0 Å². The zero-order valence-electron chi connectivity index (χ0n) is 20.7. The smallest absolute Gasteiger partial charge is 0.251 e. The van der Waals surface area contributed by atoms with Crippen LogP contribution in [-0.4, -0.2) is 44.4 Å². The topological polar surface area (TPSA) is 94.1 Å². The zero-order chi connectivity index (χ0) is 24.9. The molecule has 2 bridgehead atoms. The number of pyridine rings is 1. The van der Waals surface area contributed by atoms with Crippen LogP contribution in [0, 0.1) is 5.92 Å². The lowest BCUT2D eigenvalue weighted by molar-refractivity contribution is 0.0930. The highest BCUT2D eigenvalue weighted by Crippen LogP contribution is 2.41. The Kier molecular flexibility index (Phi) is 5.47. The van der Waals surface area contributed by atoms with Gasteiger partial charge in [-0.1, -0.05) is 18.2 Å². The molecule has 1 aliphatic carbocycles. The van der Waals surface area contributed by atoms with Crippen LogP contribution in [0.15, 0.2) is 66.9 Å². The van der Waals surface area contributed by atoms with Crippen LogP contribution in [-0.2, 0) is 0 Å². The number of piperidine rings is 1. The molecule has 7 rings (SSSR count). The summed E-state index contributed by atoms with van der Waals surface area (Å²) in [5, 5.41) is 22.0. The third-order valence-electron chi connectivity index (χ3n) is 8.36. The lowest BCUT2D eigenvalue weighted by Gasteiger charge is -2.39. The number of amides is 1. The first-order valence-corrected chi connectivity index (χ1v) is 13.4. The quantitative estimate of drug-likeness (QED) is 0.352. The van der Waals surface area contributed by atoms with Gasteiger partial charge in [-0.15, -0.1) is 0 Å². The van der Waals surface area contributed by atoms with E-state index in [9.17, 15) is 9.90 Å². The summed E-state index contributed by atoms with van der Waals surface area (Å²) in [4.78, 5) is 20.3. The number of benzene rings is 2. The maximum Gasteiger partial charge on any atom is 0.251 e. The predicted molar refractivity (Wildman–Crippen MR) is 143 cm³/mol. The van der Waals surface area contributed by atoms with Gasteiger partial charge in [0.2, 0.25) is 0 Å². The van der Waals surface area contributed by atoms with Gasteiger partial charge in [-0.25, -0.2) is 0 Å². The second-order valence-electron chi connectivity index (χ2n) is 10.8. The van der Waals surface area contributed by atoms with Crippen LogP contribution in [0.25, 0.3) is 22.2 Å². The summed E-state index contributed by atoms with van der Waals surface area (Å²) >= 11 is 0. The largest absolute Gasteiger partial charge is 0.393 e. The van der Waals surface area contributed by atoms with Gasteiger partial charge in [0, 0.05) is 40.5 Å². The fourth-order valence-corrected chi connectivity index (χ4v) is 6.38. The number of aromatic nitrogens is 3. The first-order chi connectivity index (χ1) is 18.1. The molecule has 2 aromatic heterocycles. The van der Waals surface area contributed by atoms with Gasteiger partial charge in [-0.3, -0.25) is 14.9 Å². The molecule has 7 nitrogen and oxygen atoms in total. The molecule has 1 amide bonds. The molecule has 3 N–H and O–H groups in total. The molecule has 1 saturated carbocycles. The Balaban J connectivity index is 1.14. The minimum Gasteiger partial charge on any atom is -0.393 e. The molecule has 4 aromatic rings. The van der Waals surface area contributed by atoms with Crippen LogP contribution in [0.3, 0.4) is 0 Å². The van der Waals surface area contributed by atoms with E-state index in [-0.39, 0.29) is 18.1 Å². The number of nitrogens with zero attached hydrogens (tertiary/aromatic N) is 3. The van der Waals surface area contributed by atoms with Crippen molar-refractivity contribution in [1.82, 2.24) is 20.5 Å². The molecule has 37 heavy (non-hydrogen) atoms. The summed E-state index contributed by atoms with van der Waals surface area (Å²) in [6.45, 7) is 0. The molecular weight excluding hydrogens is 462 g/mol. The molecule has 3 fully saturated rings. The van der Waals surface area contributed by atoms with Crippen LogP contribution in [0.1, 0.15) is 60.6 Å². The molecule has 0 unspecified atom stereocenters. The fraction of sp³-hybridized carbons (Fsp3) is 0.367. The normalized spacial score (nSPS) is 23.8. The fourth-order valence-electron chi connectivity index (χ4n) is 6.38. The summed E-state index contributed by atoms with van der Waals surface area (Å²) < 4.78 is 0. The van der Waals surface area contributed by atoms with Crippen LogP contribution in [0.4, 0.5) is 5.69 Å². The standard InChI is InChI=1S/C30H31N5O2/c36-24-16-22-11-12-23(17-24)35(22)21-9-6-18(7-10-21)28-25-15-20(8-13-26(25)33-34-28)30(37)32-29(19-4-5-19)27-3-1-2-14-31-27/h1-3,6-10,13-15,19,22-24,29,36H,4-5,11-12,16-17H2,(H,32,37)(H,33,34)/t22-,23-,29-/m0/s1. The Morgan fingerprint density at radius 1 is 1.00 bits per heavy atom. The third-order valence-corrected chi connectivity index (χ3v) is 8.36. The molecule has 2 aliphatic heterocycles. The monoisotopic (exact) mass is 493 g/mol. The van der Waals surface area contributed by atoms with Crippen molar-refractivity contribution in [2.24, 2.45) is 5.92 Å². The summed E-state index contributed by atoms with van der Waals surface area (Å²) in [6, 6.07) is 20.9. The molecule has 0 spiro atoms. The number of carbonyl (C=O) groups excluding carboxylic acids is 1. The summed E-state index contributed by atoms with van der Waals surface area (Å²) in [5.41, 5.74) is 5.51. The van der Waals surface area contributed by atoms with Gasteiger partial charge in [0.25, 0.3) is 5.91 Å². The van der Waals surface area contributed by atoms with Gasteiger partial charge in [0.15, 0.2) is 0 Å². The van der Waals surface area contributed by atoms with Crippen molar-refractivity contribution in [1.29, 1.82) is 0 Å². The lowest BCUT2D eigenvalue weighted by Crippen LogP contribution is -2.44.